The lowest BCUT2D eigenvalue weighted by atomic mass is 10.0. The van der Waals surface area contributed by atoms with Gasteiger partial charge in [-0.1, -0.05) is 19.8 Å². The molecule has 2 atom stereocenters. The van der Waals surface area contributed by atoms with E-state index in [9.17, 15) is 19.5 Å². The Morgan fingerprint density at radius 1 is 1.16 bits per heavy atom. The zero-order valence-electron chi connectivity index (χ0n) is 25.9. The summed E-state index contributed by atoms with van der Waals surface area (Å²) in [5, 5.41) is 25.8. The lowest BCUT2D eigenvalue weighted by molar-refractivity contribution is -0.120. The first kappa shape index (κ1) is 30.8. The molecule has 45 heavy (non-hydrogen) atoms. The van der Waals surface area contributed by atoms with Gasteiger partial charge in [0, 0.05) is 69.9 Å². The summed E-state index contributed by atoms with van der Waals surface area (Å²) in [6.45, 7) is 4.76. The van der Waals surface area contributed by atoms with Crippen LogP contribution >= 0.6 is 0 Å². The van der Waals surface area contributed by atoms with Crippen molar-refractivity contribution in [1.82, 2.24) is 25.1 Å². The molecule has 1 aromatic carbocycles. The number of likely N-dealkylation sites (N-methyl/N-ethyl adjacent to an activating group) is 1. The number of ether oxygens (including phenoxy) is 1. The van der Waals surface area contributed by atoms with Crippen LogP contribution in [0.3, 0.4) is 0 Å². The van der Waals surface area contributed by atoms with Gasteiger partial charge in [-0.15, -0.1) is 0 Å². The molecule has 14 nitrogen and oxygen atoms in total. The molecule has 6 rings (SSSR count). The standard InChI is InChI=1S/C31H42N8O6/c1-3-24-29(42)36(2)25-17-33-30(35-27(25)39(24)19-6-4-5-7-19)34-23-9-8-22(21-10-15-45-26(21)23)28(41)32-16-20(40)18-37-11-13-38(14-12-37)31(43)44/h8-9,17,19-20,24,40H,3-7,10-16,18H2,1-2H3,(H,32,41)(H,43,44)(H,33,34,35)/t20-,24+/m0/s1. The number of amides is 3. The Hall–Kier alpha value is -4.17. The van der Waals surface area contributed by atoms with Gasteiger partial charge in [-0.3, -0.25) is 14.5 Å². The van der Waals surface area contributed by atoms with E-state index in [0.29, 0.717) is 80.8 Å². The van der Waals surface area contributed by atoms with Crippen molar-refractivity contribution in [2.75, 3.05) is 68.0 Å². The first-order valence-corrected chi connectivity index (χ1v) is 15.9. The van der Waals surface area contributed by atoms with E-state index >= 15 is 0 Å². The highest BCUT2D eigenvalue weighted by atomic mass is 16.5. The summed E-state index contributed by atoms with van der Waals surface area (Å²) in [5.41, 5.74) is 2.61. The fourth-order valence-electron chi connectivity index (χ4n) is 6.96. The number of carbonyl (C=O) groups is 3. The number of fused-ring (bicyclic) bond motifs is 2. The smallest absolute Gasteiger partial charge is 0.407 e. The summed E-state index contributed by atoms with van der Waals surface area (Å²) in [7, 11) is 1.78. The number of β-amino-alcohol motifs (C(OH)–C–C–N with tert-alkyl or cyclic N) is 1. The maximum atomic E-state index is 13.2. The zero-order chi connectivity index (χ0) is 31.7. The van der Waals surface area contributed by atoms with E-state index in [-0.39, 0.29) is 30.4 Å². The number of rotatable bonds is 9. The second kappa shape index (κ2) is 13.1. The summed E-state index contributed by atoms with van der Waals surface area (Å²) in [6.07, 6.45) is 5.57. The molecule has 1 aromatic heterocycles. The third kappa shape index (κ3) is 6.21. The van der Waals surface area contributed by atoms with E-state index in [0.717, 1.165) is 37.1 Å². The van der Waals surface area contributed by atoms with Crippen LogP contribution in [0.5, 0.6) is 5.75 Å². The summed E-state index contributed by atoms with van der Waals surface area (Å²) in [6, 6.07) is 3.52. The normalized spacial score (nSPS) is 20.9. The molecule has 2 aromatic rings. The molecule has 4 heterocycles. The second-order valence-electron chi connectivity index (χ2n) is 12.2. The number of nitrogens with one attached hydrogen (secondary N) is 2. The number of aliphatic hydroxyl groups is 1. The first-order valence-electron chi connectivity index (χ1n) is 15.9. The van der Waals surface area contributed by atoms with E-state index in [4.69, 9.17) is 14.8 Å². The van der Waals surface area contributed by atoms with Crippen molar-refractivity contribution >= 4 is 41.0 Å². The van der Waals surface area contributed by atoms with Gasteiger partial charge in [0.1, 0.15) is 17.5 Å². The van der Waals surface area contributed by atoms with E-state index < -0.39 is 12.2 Å². The zero-order valence-corrected chi connectivity index (χ0v) is 25.9. The van der Waals surface area contributed by atoms with Crippen LogP contribution in [0, 0.1) is 0 Å². The number of benzene rings is 1. The van der Waals surface area contributed by atoms with E-state index in [2.05, 4.69) is 20.5 Å². The van der Waals surface area contributed by atoms with Crippen LogP contribution in [-0.4, -0.2) is 119 Å². The van der Waals surface area contributed by atoms with Crippen LogP contribution in [0.15, 0.2) is 18.3 Å². The van der Waals surface area contributed by atoms with Gasteiger partial charge in [-0.05, 0) is 31.4 Å². The van der Waals surface area contributed by atoms with Crippen molar-refractivity contribution in [2.24, 2.45) is 0 Å². The molecule has 3 amide bonds. The molecule has 1 saturated heterocycles. The van der Waals surface area contributed by atoms with Gasteiger partial charge in [-0.25, -0.2) is 9.78 Å². The first-order chi connectivity index (χ1) is 21.7. The van der Waals surface area contributed by atoms with Crippen molar-refractivity contribution in [3.63, 3.8) is 0 Å². The van der Waals surface area contributed by atoms with Crippen molar-refractivity contribution < 1.29 is 29.3 Å². The minimum absolute atomic E-state index is 0.0624. The van der Waals surface area contributed by atoms with Crippen LogP contribution < -0.4 is 25.2 Å². The number of aromatic nitrogens is 2. The molecule has 0 bridgehead atoms. The summed E-state index contributed by atoms with van der Waals surface area (Å²) < 4.78 is 5.96. The number of hydrogen-bond donors (Lipinski definition) is 4. The molecular weight excluding hydrogens is 580 g/mol. The highest BCUT2D eigenvalue weighted by molar-refractivity contribution is 6.04. The second-order valence-corrected chi connectivity index (χ2v) is 12.2. The molecule has 1 saturated carbocycles. The Kier molecular flexibility index (Phi) is 8.95. The summed E-state index contributed by atoms with van der Waals surface area (Å²) in [4.78, 5) is 54.2. The Bertz CT molecular complexity index is 1440. The van der Waals surface area contributed by atoms with Gasteiger partial charge < -0.3 is 40.3 Å². The van der Waals surface area contributed by atoms with Gasteiger partial charge in [0.05, 0.1) is 24.6 Å². The van der Waals surface area contributed by atoms with Crippen LogP contribution in [0.2, 0.25) is 0 Å². The van der Waals surface area contributed by atoms with Gasteiger partial charge in [0.15, 0.2) is 5.82 Å². The summed E-state index contributed by atoms with van der Waals surface area (Å²) in [5.74, 6) is 1.48. The van der Waals surface area contributed by atoms with Crippen molar-refractivity contribution in [1.29, 1.82) is 0 Å². The number of nitrogens with zero attached hydrogens (tertiary/aromatic N) is 6. The lowest BCUT2D eigenvalue weighted by Gasteiger charge is -2.43. The van der Waals surface area contributed by atoms with Crippen LogP contribution in [-0.2, 0) is 11.2 Å². The number of piperazine rings is 1. The maximum Gasteiger partial charge on any atom is 0.407 e. The minimum Gasteiger partial charge on any atom is -0.491 e. The topological polar surface area (TPSA) is 164 Å². The highest BCUT2D eigenvalue weighted by Crippen LogP contribution is 2.41. The Labute approximate surface area is 262 Å². The van der Waals surface area contributed by atoms with E-state index in [1.165, 1.54) is 4.90 Å². The molecule has 14 heteroatoms. The van der Waals surface area contributed by atoms with Gasteiger partial charge in [0.2, 0.25) is 11.9 Å². The van der Waals surface area contributed by atoms with Crippen molar-refractivity contribution in [3.8, 4) is 5.75 Å². The predicted octanol–water partition coefficient (Wildman–Crippen LogP) is 2.05. The quantitative estimate of drug-likeness (QED) is 0.324. The molecule has 0 radical (unpaired) electrons. The molecule has 4 N–H and O–H groups in total. The molecule has 242 valence electrons. The number of carboxylic acid groups (broad SMARTS) is 1. The van der Waals surface area contributed by atoms with Crippen molar-refractivity contribution in [3.05, 3.63) is 29.5 Å². The number of carbonyl (C=O) groups excluding carboxylic acids is 2. The van der Waals surface area contributed by atoms with E-state index in [1.807, 2.05) is 11.8 Å². The van der Waals surface area contributed by atoms with Crippen LogP contribution in [0.4, 0.5) is 27.9 Å². The average molecular weight is 623 g/mol. The van der Waals surface area contributed by atoms with Gasteiger partial charge in [0.25, 0.3) is 5.91 Å². The monoisotopic (exact) mass is 622 g/mol. The Morgan fingerprint density at radius 3 is 2.62 bits per heavy atom. The largest absolute Gasteiger partial charge is 0.491 e. The number of hydrogen-bond acceptors (Lipinski definition) is 10. The molecule has 0 spiro atoms. The third-order valence-corrected chi connectivity index (χ3v) is 9.37. The van der Waals surface area contributed by atoms with Gasteiger partial charge in [-0.2, -0.15) is 4.98 Å². The average Bonchev–Trinajstić information content (AvgIpc) is 3.75. The molecule has 2 fully saturated rings. The van der Waals surface area contributed by atoms with Crippen molar-refractivity contribution in [2.45, 2.75) is 63.6 Å². The Morgan fingerprint density at radius 2 is 1.91 bits per heavy atom. The fraction of sp³-hybridized carbons (Fsp3) is 0.581. The Balaban J connectivity index is 1.14. The summed E-state index contributed by atoms with van der Waals surface area (Å²) >= 11 is 0. The van der Waals surface area contributed by atoms with Crippen LogP contribution in [0.1, 0.15) is 54.9 Å². The molecular formula is C31H42N8O6. The van der Waals surface area contributed by atoms with E-state index in [1.54, 1.807) is 30.3 Å². The predicted molar refractivity (Wildman–Crippen MR) is 168 cm³/mol. The van der Waals surface area contributed by atoms with Gasteiger partial charge >= 0.3 is 6.09 Å². The lowest BCUT2D eigenvalue weighted by Crippen LogP contribution is -2.55. The molecule has 3 aliphatic heterocycles. The third-order valence-electron chi connectivity index (χ3n) is 9.37. The minimum atomic E-state index is -0.933. The number of anilines is 4. The SMILES string of the molecule is CC[C@@H]1C(=O)N(C)c2cnc(Nc3ccc(C(=O)NC[C@H](O)CN4CCN(C(=O)O)CC4)c4c3OCC4)nc2N1C1CCCC1. The van der Waals surface area contributed by atoms with Crippen LogP contribution in [0.25, 0.3) is 0 Å². The molecule has 1 aliphatic carbocycles. The highest BCUT2D eigenvalue weighted by Gasteiger charge is 2.41. The maximum absolute atomic E-state index is 13.2. The molecule has 4 aliphatic rings. The number of aliphatic hydroxyl groups excluding tert-OH is 1. The fourth-order valence-corrected chi connectivity index (χ4v) is 6.96. The molecule has 0 unspecified atom stereocenters.